The quantitative estimate of drug-likeness (QED) is 0.861. The van der Waals surface area contributed by atoms with Crippen molar-refractivity contribution >= 4 is 27.7 Å². The average molecular weight is 314 g/mol. The van der Waals surface area contributed by atoms with Gasteiger partial charge in [-0.2, -0.15) is 0 Å². The van der Waals surface area contributed by atoms with Crippen molar-refractivity contribution in [3.05, 3.63) is 28.7 Å². The third kappa shape index (κ3) is 4.31. The Hall–Kier alpha value is 0.01000. The molecule has 2 rings (SSSR count). The van der Waals surface area contributed by atoms with Crippen molar-refractivity contribution in [3.63, 3.8) is 0 Å². The first-order valence-corrected chi connectivity index (χ1v) is 8.11. The van der Waals surface area contributed by atoms with Gasteiger partial charge in [0.1, 0.15) is 0 Å². The Morgan fingerprint density at radius 2 is 2.29 bits per heavy atom. The standard InChI is InChI=1S/C14H20BrNS/c1-2-8-16-12-6-7-14(10-12)17-13-5-3-4-11(15)9-13/h3-5,9,12,14,16H,2,6-8,10H2,1H3. The maximum Gasteiger partial charge on any atom is 0.0186 e. The lowest BCUT2D eigenvalue weighted by atomic mass is 10.2. The van der Waals surface area contributed by atoms with Crippen molar-refractivity contribution < 1.29 is 0 Å². The minimum atomic E-state index is 0.750. The first kappa shape index (κ1) is 13.4. The summed E-state index contributed by atoms with van der Waals surface area (Å²) in [7, 11) is 0. The van der Waals surface area contributed by atoms with E-state index < -0.39 is 0 Å². The summed E-state index contributed by atoms with van der Waals surface area (Å²) < 4.78 is 1.18. The zero-order valence-corrected chi connectivity index (χ0v) is 12.7. The third-order valence-corrected chi connectivity index (χ3v) is 4.95. The van der Waals surface area contributed by atoms with Crippen LogP contribution in [-0.4, -0.2) is 17.8 Å². The summed E-state index contributed by atoms with van der Waals surface area (Å²) >= 11 is 5.56. The van der Waals surface area contributed by atoms with Gasteiger partial charge in [0.2, 0.25) is 0 Å². The van der Waals surface area contributed by atoms with Crippen LogP contribution in [0.15, 0.2) is 33.6 Å². The van der Waals surface area contributed by atoms with E-state index >= 15 is 0 Å². The molecule has 94 valence electrons. The summed E-state index contributed by atoms with van der Waals surface area (Å²) in [5, 5.41) is 4.43. The van der Waals surface area contributed by atoms with Crippen LogP contribution in [-0.2, 0) is 0 Å². The van der Waals surface area contributed by atoms with Crippen molar-refractivity contribution in [1.29, 1.82) is 0 Å². The first-order valence-electron chi connectivity index (χ1n) is 6.43. The van der Waals surface area contributed by atoms with E-state index in [1.807, 2.05) is 11.8 Å². The van der Waals surface area contributed by atoms with Crippen molar-refractivity contribution in [2.45, 2.75) is 48.8 Å². The first-order chi connectivity index (χ1) is 8.28. The minimum absolute atomic E-state index is 0.750. The summed E-state index contributed by atoms with van der Waals surface area (Å²) in [6.07, 6.45) is 5.24. The summed E-state index contributed by atoms with van der Waals surface area (Å²) in [4.78, 5) is 1.39. The van der Waals surface area contributed by atoms with Crippen molar-refractivity contribution in [2.75, 3.05) is 6.54 Å². The molecule has 1 N–H and O–H groups in total. The number of hydrogen-bond donors (Lipinski definition) is 1. The summed E-state index contributed by atoms with van der Waals surface area (Å²) in [6, 6.07) is 9.39. The van der Waals surface area contributed by atoms with Crippen LogP contribution in [0.4, 0.5) is 0 Å². The molecule has 1 aliphatic carbocycles. The summed E-state index contributed by atoms with van der Waals surface area (Å²) in [5.74, 6) is 0. The number of hydrogen-bond acceptors (Lipinski definition) is 2. The second kappa shape index (κ2) is 6.81. The molecule has 1 aliphatic rings. The second-order valence-electron chi connectivity index (χ2n) is 4.66. The lowest BCUT2D eigenvalue weighted by Gasteiger charge is -2.12. The summed E-state index contributed by atoms with van der Waals surface area (Å²) in [5.41, 5.74) is 0. The Labute approximate surface area is 117 Å². The van der Waals surface area contributed by atoms with E-state index in [-0.39, 0.29) is 0 Å². The molecule has 1 fully saturated rings. The Bertz CT molecular complexity index is 356. The Balaban J connectivity index is 1.81. The molecule has 1 saturated carbocycles. The monoisotopic (exact) mass is 313 g/mol. The molecule has 0 amide bonds. The van der Waals surface area contributed by atoms with E-state index in [1.54, 1.807) is 0 Å². The molecule has 0 aromatic heterocycles. The van der Waals surface area contributed by atoms with Gasteiger partial charge in [-0.05, 0) is 50.4 Å². The highest BCUT2D eigenvalue weighted by Crippen LogP contribution is 2.35. The molecule has 0 heterocycles. The van der Waals surface area contributed by atoms with Crippen LogP contribution in [0.25, 0.3) is 0 Å². The molecular weight excluding hydrogens is 294 g/mol. The average Bonchev–Trinajstić information content (AvgIpc) is 2.74. The van der Waals surface area contributed by atoms with E-state index in [0.717, 1.165) is 11.3 Å². The SMILES string of the molecule is CCCNC1CCC(Sc2cccc(Br)c2)C1. The number of nitrogens with one attached hydrogen (secondary N) is 1. The van der Waals surface area contributed by atoms with Crippen LogP contribution in [0.3, 0.4) is 0 Å². The molecule has 0 aliphatic heterocycles. The lowest BCUT2D eigenvalue weighted by molar-refractivity contribution is 0.524. The second-order valence-corrected chi connectivity index (χ2v) is 6.95. The van der Waals surface area contributed by atoms with Gasteiger partial charge in [0.15, 0.2) is 0 Å². The normalized spacial score (nSPS) is 24.1. The van der Waals surface area contributed by atoms with Gasteiger partial charge in [-0.15, -0.1) is 11.8 Å². The zero-order chi connectivity index (χ0) is 12.1. The molecule has 0 bridgehead atoms. The smallest absolute Gasteiger partial charge is 0.0186 e. The number of benzene rings is 1. The van der Waals surface area contributed by atoms with E-state index in [2.05, 4.69) is 52.4 Å². The van der Waals surface area contributed by atoms with Gasteiger partial charge in [0.25, 0.3) is 0 Å². The highest BCUT2D eigenvalue weighted by Gasteiger charge is 2.24. The Kier molecular flexibility index (Phi) is 5.39. The van der Waals surface area contributed by atoms with E-state index in [4.69, 9.17) is 0 Å². The van der Waals surface area contributed by atoms with Crippen molar-refractivity contribution in [2.24, 2.45) is 0 Å². The minimum Gasteiger partial charge on any atom is -0.314 e. The third-order valence-electron chi connectivity index (χ3n) is 3.17. The van der Waals surface area contributed by atoms with E-state index in [9.17, 15) is 0 Å². The predicted molar refractivity (Wildman–Crippen MR) is 79.7 cm³/mol. The molecule has 2 unspecified atom stereocenters. The van der Waals surface area contributed by atoms with Crippen LogP contribution in [0.2, 0.25) is 0 Å². The molecule has 2 atom stereocenters. The number of halogens is 1. The highest BCUT2D eigenvalue weighted by molar-refractivity contribution is 9.10. The van der Waals surface area contributed by atoms with Gasteiger partial charge < -0.3 is 5.32 Å². The number of thioether (sulfide) groups is 1. The van der Waals surface area contributed by atoms with Crippen LogP contribution in [0.1, 0.15) is 32.6 Å². The fourth-order valence-corrected chi connectivity index (χ4v) is 4.18. The maximum absolute atomic E-state index is 3.64. The fraction of sp³-hybridized carbons (Fsp3) is 0.571. The molecule has 0 spiro atoms. The molecule has 17 heavy (non-hydrogen) atoms. The Morgan fingerprint density at radius 1 is 1.41 bits per heavy atom. The van der Waals surface area contributed by atoms with Crippen molar-refractivity contribution in [1.82, 2.24) is 5.32 Å². The van der Waals surface area contributed by atoms with E-state index in [1.165, 1.54) is 41.6 Å². The van der Waals surface area contributed by atoms with Gasteiger partial charge in [-0.1, -0.05) is 28.9 Å². The molecule has 1 aromatic carbocycles. The van der Waals surface area contributed by atoms with Gasteiger partial charge in [-0.25, -0.2) is 0 Å². The van der Waals surface area contributed by atoms with Gasteiger partial charge in [0.05, 0.1) is 0 Å². The predicted octanol–water partition coefficient (Wildman–Crippen LogP) is 4.46. The summed E-state index contributed by atoms with van der Waals surface area (Å²) in [6.45, 7) is 3.40. The van der Waals surface area contributed by atoms with Gasteiger partial charge in [-0.3, -0.25) is 0 Å². The fourth-order valence-electron chi connectivity index (χ4n) is 2.31. The molecule has 0 saturated heterocycles. The Morgan fingerprint density at radius 3 is 3.06 bits per heavy atom. The van der Waals surface area contributed by atoms with Gasteiger partial charge in [0, 0.05) is 20.7 Å². The largest absolute Gasteiger partial charge is 0.314 e. The molecule has 0 radical (unpaired) electrons. The highest BCUT2D eigenvalue weighted by atomic mass is 79.9. The van der Waals surface area contributed by atoms with Crippen LogP contribution in [0, 0.1) is 0 Å². The van der Waals surface area contributed by atoms with Gasteiger partial charge >= 0.3 is 0 Å². The topological polar surface area (TPSA) is 12.0 Å². The maximum atomic E-state index is 3.64. The zero-order valence-electron chi connectivity index (χ0n) is 10.3. The lowest BCUT2D eigenvalue weighted by Crippen LogP contribution is -2.27. The van der Waals surface area contributed by atoms with Crippen molar-refractivity contribution in [3.8, 4) is 0 Å². The van der Waals surface area contributed by atoms with Crippen LogP contribution in [0.5, 0.6) is 0 Å². The molecule has 3 heteroatoms. The molecule has 1 nitrogen and oxygen atoms in total. The number of rotatable bonds is 5. The van der Waals surface area contributed by atoms with Crippen LogP contribution >= 0.6 is 27.7 Å². The van der Waals surface area contributed by atoms with E-state index in [0.29, 0.717) is 0 Å². The molecular formula is C14H20BrNS. The van der Waals surface area contributed by atoms with Crippen LogP contribution < -0.4 is 5.32 Å². The molecule has 1 aromatic rings.